The monoisotopic (exact) mass is 274 g/mol. The van der Waals surface area contributed by atoms with Crippen LogP contribution in [0.5, 0.6) is 0 Å². The normalized spacial score (nSPS) is 10.8. The first kappa shape index (κ1) is 11.2. The standard InChI is InChI=1S/C15H14Se/c1-3-8-14(9-4-1)10-7-13-16-15-11-5-2-6-12-15/h1-12H,13H2/b10-7+. The Bertz CT molecular complexity index is 432. The molecule has 2 rings (SSSR count). The first-order valence-electron chi connectivity index (χ1n) is 5.34. The molecule has 0 radical (unpaired) electrons. The molecule has 1 heteroatoms. The van der Waals surface area contributed by atoms with Crippen molar-refractivity contribution in [2.24, 2.45) is 0 Å². The average molecular weight is 273 g/mol. The van der Waals surface area contributed by atoms with E-state index in [9.17, 15) is 0 Å². The zero-order chi connectivity index (χ0) is 11.1. The second-order valence-corrected chi connectivity index (χ2v) is 5.73. The Hall–Kier alpha value is -1.30. The van der Waals surface area contributed by atoms with E-state index in [1.165, 1.54) is 10.0 Å². The number of hydrogen-bond acceptors (Lipinski definition) is 0. The fourth-order valence-corrected chi connectivity index (χ4v) is 2.95. The maximum atomic E-state index is 2.27. The molecule has 80 valence electrons. The van der Waals surface area contributed by atoms with E-state index in [1.807, 2.05) is 6.07 Å². The van der Waals surface area contributed by atoms with Crippen molar-refractivity contribution in [3.8, 4) is 0 Å². The zero-order valence-corrected chi connectivity index (χ0v) is 10.8. The molecular weight excluding hydrogens is 259 g/mol. The molecule has 0 N–H and O–H groups in total. The Labute approximate surface area is 103 Å². The Kier molecular flexibility index (Phi) is 4.42. The zero-order valence-electron chi connectivity index (χ0n) is 9.04. The van der Waals surface area contributed by atoms with Crippen molar-refractivity contribution in [3.05, 3.63) is 72.3 Å². The van der Waals surface area contributed by atoms with Gasteiger partial charge in [-0.2, -0.15) is 0 Å². The van der Waals surface area contributed by atoms with E-state index in [0.29, 0.717) is 15.0 Å². The SMILES string of the molecule is C(=C\c1ccccc1)/C[Se]c1ccccc1. The van der Waals surface area contributed by atoms with E-state index < -0.39 is 0 Å². The van der Waals surface area contributed by atoms with Gasteiger partial charge in [-0.25, -0.2) is 0 Å². The van der Waals surface area contributed by atoms with Gasteiger partial charge < -0.3 is 0 Å². The van der Waals surface area contributed by atoms with Crippen LogP contribution in [0.25, 0.3) is 6.08 Å². The Morgan fingerprint density at radius 2 is 1.44 bits per heavy atom. The van der Waals surface area contributed by atoms with Crippen LogP contribution in [-0.4, -0.2) is 15.0 Å². The summed E-state index contributed by atoms with van der Waals surface area (Å²) in [4.78, 5) is 0. The molecule has 0 unspecified atom stereocenters. The van der Waals surface area contributed by atoms with Crippen molar-refractivity contribution < 1.29 is 0 Å². The number of allylic oxidation sites excluding steroid dienone is 1. The summed E-state index contributed by atoms with van der Waals surface area (Å²) in [5, 5.41) is 1.16. The van der Waals surface area contributed by atoms with Crippen molar-refractivity contribution in [2.75, 3.05) is 0 Å². The molecule has 0 spiro atoms. The summed E-state index contributed by atoms with van der Waals surface area (Å²) in [6.45, 7) is 0. The molecule has 0 bridgehead atoms. The molecule has 0 aliphatic carbocycles. The van der Waals surface area contributed by atoms with Crippen LogP contribution in [0.4, 0.5) is 0 Å². The van der Waals surface area contributed by atoms with Gasteiger partial charge in [0.1, 0.15) is 0 Å². The van der Waals surface area contributed by atoms with Gasteiger partial charge in [0.2, 0.25) is 0 Å². The van der Waals surface area contributed by atoms with Gasteiger partial charge in [0.25, 0.3) is 0 Å². The molecule has 16 heavy (non-hydrogen) atoms. The molecule has 2 aromatic carbocycles. The van der Waals surface area contributed by atoms with E-state index in [0.717, 1.165) is 5.32 Å². The summed E-state index contributed by atoms with van der Waals surface area (Å²) in [5.41, 5.74) is 1.28. The fourth-order valence-electron chi connectivity index (χ4n) is 1.41. The fraction of sp³-hybridized carbons (Fsp3) is 0.0667. The molecule has 0 fully saturated rings. The van der Waals surface area contributed by atoms with Gasteiger partial charge in [-0.15, -0.1) is 0 Å². The van der Waals surface area contributed by atoms with E-state index >= 15 is 0 Å². The van der Waals surface area contributed by atoms with Crippen LogP contribution >= 0.6 is 0 Å². The van der Waals surface area contributed by atoms with Gasteiger partial charge in [-0.1, -0.05) is 0 Å². The minimum absolute atomic E-state index is 0.562. The third kappa shape index (κ3) is 3.69. The number of rotatable bonds is 4. The molecule has 0 nitrogen and oxygen atoms in total. The number of hydrogen-bond donors (Lipinski definition) is 0. The molecule has 2 aromatic rings. The Morgan fingerprint density at radius 3 is 2.12 bits per heavy atom. The Morgan fingerprint density at radius 1 is 0.812 bits per heavy atom. The quantitative estimate of drug-likeness (QED) is 0.751. The maximum absolute atomic E-state index is 2.27. The van der Waals surface area contributed by atoms with E-state index in [-0.39, 0.29) is 0 Å². The van der Waals surface area contributed by atoms with E-state index in [1.54, 1.807) is 0 Å². The van der Waals surface area contributed by atoms with E-state index in [2.05, 4.69) is 66.7 Å². The van der Waals surface area contributed by atoms with Crippen molar-refractivity contribution in [2.45, 2.75) is 5.32 Å². The third-order valence-corrected chi connectivity index (χ3v) is 4.22. The Balaban J connectivity index is 1.83. The molecule has 0 amide bonds. The van der Waals surface area contributed by atoms with Crippen molar-refractivity contribution in [1.29, 1.82) is 0 Å². The van der Waals surface area contributed by atoms with E-state index in [4.69, 9.17) is 0 Å². The van der Waals surface area contributed by atoms with Crippen LogP contribution in [0, 0.1) is 0 Å². The summed E-state index contributed by atoms with van der Waals surface area (Å²) < 4.78 is 1.47. The van der Waals surface area contributed by atoms with Crippen molar-refractivity contribution >= 4 is 25.5 Å². The first-order valence-corrected chi connectivity index (χ1v) is 7.41. The third-order valence-electron chi connectivity index (χ3n) is 2.20. The predicted molar refractivity (Wildman–Crippen MR) is 72.1 cm³/mol. The van der Waals surface area contributed by atoms with Gasteiger partial charge in [0.05, 0.1) is 0 Å². The van der Waals surface area contributed by atoms with Crippen LogP contribution in [0.1, 0.15) is 5.56 Å². The molecule has 0 saturated carbocycles. The first-order chi connectivity index (χ1) is 7.95. The average Bonchev–Trinajstić information content (AvgIpc) is 2.37. The van der Waals surface area contributed by atoms with Gasteiger partial charge >= 0.3 is 103 Å². The second-order valence-electron chi connectivity index (χ2n) is 3.44. The van der Waals surface area contributed by atoms with Crippen molar-refractivity contribution in [1.82, 2.24) is 0 Å². The summed E-state index contributed by atoms with van der Waals surface area (Å²) in [5.74, 6) is 0. The van der Waals surface area contributed by atoms with Crippen LogP contribution in [-0.2, 0) is 0 Å². The molecule has 0 aliphatic heterocycles. The van der Waals surface area contributed by atoms with Gasteiger partial charge in [-0.3, -0.25) is 0 Å². The molecular formula is C15H14Se. The summed E-state index contributed by atoms with van der Waals surface area (Å²) in [7, 11) is 0. The molecule has 0 aromatic heterocycles. The van der Waals surface area contributed by atoms with Crippen LogP contribution in [0.2, 0.25) is 5.32 Å². The van der Waals surface area contributed by atoms with Crippen LogP contribution in [0.3, 0.4) is 0 Å². The van der Waals surface area contributed by atoms with Crippen LogP contribution < -0.4 is 4.46 Å². The molecule has 0 heterocycles. The molecule has 0 saturated heterocycles. The second kappa shape index (κ2) is 6.32. The summed E-state index contributed by atoms with van der Waals surface area (Å²) in [6.07, 6.45) is 4.47. The molecule has 0 atom stereocenters. The number of benzene rings is 2. The van der Waals surface area contributed by atoms with Gasteiger partial charge in [0.15, 0.2) is 0 Å². The van der Waals surface area contributed by atoms with Gasteiger partial charge in [-0.05, 0) is 0 Å². The van der Waals surface area contributed by atoms with Crippen molar-refractivity contribution in [3.63, 3.8) is 0 Å². The van der Waals surface area contributed by atoms with Gasteiger partial charge in [0, 0.05) is 0 Å². The summed E-state index contributed by atoms with van der Waals surface area (Å²) in [6, 6.07) is 21.1. The van der Waals surface area contributed by atoms with Crippen LogP contribution in [0.15, 0.2) is 66.7 Å². The predicted octanol–water partition coefficient (Wildman–Crippen LogP) is 3.15. The minimum atomic E-state index is 0.562. The summed E-state index contributed by atoms with van der Waals surface area (Å²) >= 11 is 0.562. The topological polar surface area (TPSA) is 0 Å². The molecule has 0 aliphatic rings.